The van der Waals surface area contributed by atoms with Crippen molar-refractivity contribution < 1.29 is 42.1 Å². The lowest BCUT2D eigenvalue weighted by molar-refractivity contribution is -0.274. The molecule has 1 aliphatic rings. The molecule has 0 amide bonds. The molecule has 1 N–H and O–H groups in total. The maximum Gasteiger partial charge on any atom is 0.573 e. The van der Waals surface area contributed by atoms with Crippen LogP contribution in [0.1, 0.15) is 48.4 Å². The number of carbonyl (C=O) groups is 2. The lowest BCUT2D eigenvalue weighted by Crippen LogP contribution is -2.35. The van der Waals surface area contributed by atoms with Crippen molar-refractivity contribution in [2.45, 2.75) is 50.9 Å². The number of alkyl halides is 3. The highest BCUT2D eigenvalue weighted by molar-refractivity contribution is 6.30. The van der Waals surface area contributed by atoms with Crippen LogP contribution in [-0.2, 0) is 22.4 Å². The monoisotopic (exact) mass is 686 g/mol. The molecular weight excluding hydrogens is 653 g/mol. The first-order chi connectivity index (χ1) is 22.9. The van der Waals surface area contributed by atoms with Gasteiger partial charge in [0.15, 0.2) is 5.78 Å². The Kier molecular flexibility index (Phi) is 10.8. The molecule has 1 aromatic heterocycles. The van der Waals surface area contributed by atoms with E-state index < -0.39 is 24.3 Å². The van der Waals surface area contributed by atoms with Gasteiger partial charge < -0.3 is 24.2 Å². The number of likely N-dealkylation sites (N-methyl/N-ethyl adjacent to an activating group) is 1. The third kappa shape index (κ3) is 8.57. The number of carboxylic acids is 1. The van der Waals surface area contributed by atoms with E-state index in [2.05, 4.69) is 14.8 Å². The second-order valence-corrected chi connectivity index (χ2v) is 11.9. The van der Waals surface area contributed by atoms with Crippen LogP contribution in [0.15, 0.2) is 67.3 Å². The number of hydrogen-bond donors (Lipinski definition) is 1. The number of rotatable bonds is 13. The Labute approximate surface area is 280 Å². The maximum absolute atomic E-state index is 14.8. The zero-order valence-electron chi connectivity index (χ0n) is 26.2. The summed E-state index contributed by atoms with van der Waals surface area (Å²) in [5.41, 5.74) is 3.36. The molecule has 0 spiro atoms. The molecule has 0 saturated carbocycles. The minimum absolute atomic E-state index is 0.0843. The van der Waals surface area contributed by atoms with Crippen LogP contribution >= 0.6 is 11.6 Å². The fourth-order valence-corrected chi connectivity index (χ4v) is 6.08. The number of Topliss-reactive ketones (excluding diaryl/α,β-unsaturated/α-hetero) is 1. The third-order valence-electron chi connectivity index (χ3n) is 8.26. The van der Waals surface area contributed by atoms with E-state index in [1.807, 2.05) is 11.0 Å². The highest BCUT2D eigenvalue weighted by atomic mass is 35.5. The van der Waals surface area contributed by atoms with Crippen LogP contribution < -0.4 is 19.1 Å². The SMILES string of the molecule is COc1cc(N(C)C(C(=O)C2CCc3ccc(OC(F)(F)F)cc3CC2)c2ccc(Cl)cc2OCCCC(=O)O)cc(-n2cncn2)c1. The van der Waals surface area contributed by atoms with Crippen molar-refractivity contribution in [2.75, 3.05) is 25.7 Å². The molecule has 1 heterocycles. The van der Waals surface area contributed by atoms with Crippen LogP contribution in [0.2, 0.25) is 5.02 Å². The Balaban J connectivity index is 1.51. The number of benzene rings is 3. The molecule has 0 aliphatic heterocycles. The first kappa shape index (κ1) is 34.6. The number of methoxy groups -OCH3 is 1. The van der Waals surface area contributed by atoms with Gasteiger partial charge in [-0.15, -0.1) is 13.2 Å². The molecular formula is C34H34ClF3N4O6. The third-order valence-corrected chi connectivity index (χ3v) is 8.49. The maximum atomic E-state index is 14.8. The van der Waals surface area contributed by atoms with E-state index in [1.54, 1.807) is 48.1 Å². The number of fused-ring (bicyclic) bond motifs is 1. The summed E-state index contributed by atoms with van der Waals surface area (Å²) in [6.07, 6.45) is 0.0251. The van der Waals surface area contributed by atoms with Crippen LogP contribution in [0.4, 0.5) is 18.9 Å². The van der Waals surface area contributed by atoms with E-state index in [-0.39, 0.29) is 31.0 Å². The van der Waals surface area contributed by atoms with Crippen molar-refractivity contribution in [3.8, 4) is 22.9 Å². The van der Waals surface area contributed by atoms with Crippen molar-refractivity contribution in [1.29, 1.82) is 0 Å². The molecule has 254 valence electrons. The molecule has 14 heteroatoms. The lowest BCUT2D eigenvalue weighted by Gasteiger charge is -2.33. The van der Waals surface area contributed by atoms with Gasteiger partial charge in [0, 0.05) is 47.8 Å². The highest BCUT2D eigenvalue weighted by Crippen LogP contribution is 2.40. The molecule has 2 unspecified atom stereocenters. The first-order valence-electron chi connectivity index (χ1n) is 15.2. The standard InChI is InChI=1S/C34H34ClF3N4O6/c1-41(25-16-26(18-28(17-25)46-2)42-20-39-19-40-42)32(29-12-10-24(35)15-30(29)47-13-3-4-31(43)44)33(45)22-6-5-21-9-11-27(48-34(36,37)38)14-23(21)8-7-22/h9-12,14-20,22,32H,3-8,13H2,1-2H3,(H,43,44). The van der Waals surface area contributed by atoms with Crippen LogP contribution in [0.25, 0.3) is 5.69 Å². The van der Waals surface area contributed by atoms with E-state index >= 15 is 0 Å². The minimum atomic E-state index is -4.81. The molecule has 0 saturated heterocycles. The summed E-state index contributed by atoms with van der Waals surface area (Å²) in [5, 5.41) is 13.7. The van der Waals surface area contributed by atoms with E-state index in [4.69, 9.17) is 26.2 Å². The first-order valence-corrected chi connectivity index (χ1v) is 15.6. The quantitative estimate of drug-likeness (QED) is 0.117. The Bertz CT molecular complexity index is 1750. The number of nitrogens with zero attached hydrogens (tertiary/aromatic N) is 4. The molecule has 2 atom stereocenters. The molecule has 0 bridgehead atoms. The number of aryl methyl sites for hydroxylation is 2. The van der Waals surface area contributed by atoms with E-state index in [0.717, 1.165) is 5.56 Å². The molecule has 0 fully saturated rings. The Morgan fingerprint density at radius 2 is 1.83 bits per heavy atom. The number of hydrogen-bond acceptors (Lipinski definition) is 8. The Morgan fingerprint density at radius 3 is 2.52 bits per heavy atom. The predicted molar refractivity (Wildman–Crippen MR) is 171 cm³/mol. The second-order valence-electron chi connectivity index (χ2n) is 11.4. The van der Waals surface area contributed by atoms with Crippen molar-refractivity contribution in [3.05, 3.63) is 89.0 Å². The highest BCUT2D eigenvalue weighted by Gasteiger charge is 2.36. The second kappa shape index (κ2) is 15.0. The summed E-state index contributed by atoms with van der Waals surface area (Å²) in [6.45, 7) is 0.0843. The van der Waals surface area contributed by atoms with E-state index in [1.165, 1.54) is 31.9 Å². The van der Waals surface area contributed by atoms with Crippen molar-refractivity contribution in [3.63, 3.8) is 0 Å². The number of ether oxygens (including phenoxy) is 3. The molecule has 0 radical (unpaired) electrons. The summed E-state index contributed by atoms with van der Waals surface area (Å²) in [6, 6.07) is 13.8. The van der Waals surface area contributed by atoms with Crippen molar-refractivity contribution in [1.82, 2.24) is 14.8 Å². The minimum Gasteiger partial charge on any atom is -0.497 e. The van der Waals surface area contributed by atoms with E-state index in [0.29, 0.717) is 64.7 Å². The molecule has 4 aromatic rings. The van der Waals surface area contributed by atoms with Gasteiger partial charge in [-0.3, -0.25) is 9.59 Å². The topological polar surface area (TPSA) is 116 Å². The smallest absolute Gasteiger partial charge is 0.497 e. The number of anilines is 1. The van der Waals surface area contributed by atoms with Gasteiger partial charge in [0.05, 0.1) is 19.4 Å². The molecule has 1 aliphatic carbocycles. The van der Waals surface area contributed by atoms with Crippen LogP contribution in [0, 0.1) is 5.92 Å². The number of aromatic nitrogens is 3. The summed E-state index contributed by atoms with van der Waals surface area (Å²) < 4.78 is 56.0. The van der Waals surface area contributed by atoms with Crippen LogP contribution in [0.3, 0.4) is 0 Å². The van der Waals surface area contributed by atoms with Gasteiger partial charge in [-0.2, -0.15) is 5.10 Å². The Morgan fingerprint density at radius 1 is 1.06 bits per heavy atom. The van der Waals surface area contributed by atoms with Gasteiger partial charge in [-0.25, -0.2) is 9.67 Å². The fraction of sp³-hybridized carbons (Fsp3) is 0.353. The number of ketones is 1. The number of carboxylic acid groups (broad SMARTS) is 1. The summed E-state index contributed by atoms with van der Waals surface area (Å²) in [7, 11) is 3.31. The average molecular weight is 687 g/mol. The zero-order chi connectivity index (χ0) is 34.4. The molecule has 5 rings (SSSR count). The summed E-state index contributed by atoms with van der Waals surface area (Å²) in [5.74, 6) is -0.990. The molecule has 48 heavy (non-hydrogen) atoms. The van der Waals surface area contributed by atoms with Crippen molar-refractivity contribution >= 4 is 29.0 Å². The number of aliphatic carboxylic acids is 1. The van der Waals surface area contributed by atoms with Gasteiger partial charge in [0.25, 0.3) is 0 Å². The summed E-state index contributed by atoms with van der Waals surface area (Å²) >= 11 is 6.37. The van der Waals surface area contributed by atoms with E-state index in [9.17, 15) is 22.8 Å². The molecule has 10 nitrogen and oxygen atoms in total. The fourth-order valence-electron chi connectivity index (χ4n) is 5.92. The largest absolute Gasteiger partial charge is 0.573 e. The van der Waals surface area contributed by atoms with Crippen LogP contribution in [0.5, 0.6) is 17.2 Å². The van der Waals surface area contributed by atoms with Gasteiger partial charge in [-0.1, -0.05) is 23.7 Å². The predicted octanol–water partition coefficient (Wildman–Crippen LogP) is 7.01. The van der Waals surface area contributed by atoms with Crippen LogP contribution in [-0.4, -0.2) is 58.8 Å². The number of halogens is 4. The van der Waals surface area contributed by atoms with Gasteiger partial charge in [0.1, 0.15) is 35.9 Å². The van der Waals surface area contributed by atoms with Gasteiger partial charge in [-0.05, 0) is 73.6 Å². The van der Waals surface area contributed by atoms with Gasteiger partial charge in [0.2, 0.25) is 0 Å². The molecule has 3 aromatic carbocycles. The van der Waals surface area contributed by atoms with Gasteiger partial charge >= 0.3 is 12.3 Å². The average Bonchev–Trinajstić information content (AvgIpc) is 3.51. The Hall–Kier alpha value is -4.78. The number of carbonyl (C=O) groups excluding carboxylic acids is 1. The lowest BCUT2D eigenvalue weighted by atomic mass is 9.86. The zero-order valence-corrected chi connectivity index (χ0v) is 27.0. The summed E-state index contributed by atoms with van der Waals surface area (Å²) in [4.78, 5) is 31.7. The van der Waals surface area contributed by atoms with Crippen molar-refractivity contribution in [2.24, 2.45) is 5.92 Å². The normalized spacial score (nSPS) is 15.2.